The Morgan fingerprint density at radius 1 is 1.29 bits per heavy atom. The van der Waals surface area contributed by atoms with E-state index in [0.29, 0.717) is 16.8 Å². The van der Waals surface area contributed by atoms with Crippen molar-refractivity contribution in [3.05, 3.63) is 47.2 Å². The molecule has 0 heterocycles. The van der Waals surface area contributed by atoms with Crippen molar-refractivity contribution >= 4 is 5.70 Å². The maximum absolute atomic E-state index is 9.03. The van der Waals surface area contributed by atoms with E-state index in [1.807, 2.05) is 0 Å². The Morgan fingerprint density at radius 3 is 2.43 bits per heavy atom. The van der Waals surface area contributed by atoms with Gasteiger partial charge in [-0.05, 0) is 17.2 Å². The molecule has 3 heteroatoms. The third-order valence-corrected chi connectivity index (χ3v) is 2.05. The molecule has 0 saturated heterocycles. The van der Waals surface area contributed by atoms with E-state index in [9.17, 15) is 0 Å². The van der Waals surface area contributed by atoms with Crippen molar-refractivity contribution in [3.8, 4) is 0 Å². The number of nitrogens with two attached hydrogens (primary N) is 1. The van der Waals surface area contributed by atoms with Gasteiger partial charge in [0.15, 0.2) is 0 Å². The summed E-state index contributed by atoms with van der Waals surface area (Å²) in [6.07, 6.45) is 0. The summed E-state index contributed by atoms with van der Waals surface area (Å²) in [5.74, 6) is 0. The minimum Gasteiger partial charge on any atom is -0.392 e. The fourth-order valence-corrected chi connectivity index (χ4v) is 1.20. The molecule has 74 valence electrons. The fourth-order valence-electron chi connectivity index (χ4n) is 1.20. The molecule has 0 spiro atoms. The quantitative estimate of drug-likeness (QED) is 0.618. The number of rotatable bonds is 3. The summed E-state index contributed by atoms with van der Waals surface area (Å²) in [7, 11) is 0. The fraction of sp³-hybridized carbons (Fsp3) is 0.182. The second-order valence-electron chi connectivity index (χ2n) is 2.89. The number of benzene rings is 1. The Labute approximate surface area is 82.8 Å². The largest absolute Gasteiger partial charge is 0.392 e. The van der Waals surface area contributed by atoms with Crippen LogP contribution in [0.1, 0.15) is 16.7 Å². The third kappa shape index (κ3) is 2.03. The number of hydrogen-bond donors (Lipinski definition) is 3. The van der Waals surface area contributed by atoms with Crippen LogP contribution in [-0.2, 0) is 13.2 Å². The van der Waals surface area contributed by atoms with Crippen LogP contribution in [0.4, 0.5) is 0 Å². The Bertz CT molecular complexity index is 379. The van der Waals surface area contributed by atoms with E-state index in [4.69, 9.17) is 15.9 Å². The molecule has 4 N–H and O–H groups in total. The van der Waals surface area contributed by atoms with Gasteiger partial charge >= 0.3 is 0 Å². The molecular weight excluding hydrogens is 178 g/mol. The minimum atomic E-state index is -0.117. The van der Waals surface area contributed by atoms with E-state index in [0.717, 1.165) is 5.56 Å². The van der Waals surface area contributed by atoms with Crippen molar-refractivity contribution in [3.63, 3.8) is 0 Å². The van der Waals surface area contributed by atoms with Gasteiger partial charge < -0.3 is 15.9 Å². The maximum atomic E-state index is 9.03. The molecule has 1 aromatic carbocycles. The van der Waals surface area contributed by atoms with Crippen molar-refractivity contribution in [1.29, 1.82) is 0 Å². The number of aliphatic hydroxyl groups excluding tert-OH is 2. The molecule has 0 aliphatic rings. The minimum absolute atomic E-state index is 0.0894. The summed E-state index contributed by atoms with van der Waals surface area (Å²) >= 11 is 0. The predicted molar refractivity (Wildman–Crippen MR) is 55.0 cm³/mol. The molecule has 3 nitrogen and oxygen atoms in total. The van der Waals surface area contributed by atoms with Gasteiger partial charge in [0.05, 0.1) is 18.9 Å². The summed E-state index contributed by atoms with van der Waals surface area (Å²) in [5, 5.41) is 18.0. The van der Waals surface area contributed by atoms with Crippen molar-refractivity contribution in [2.45, 2.75) is 13.2 Å². The Morgan fingerprint density at radius 2 is 1.93 bits per heavy atom. The monoisotopic (exact) mass is 191 g/mol. The molecule has 0 aromatic heterocycles. The lowest BCUT2D eigenvalue weighted by atomic mass is 10.0. The first-order valence-electron chi connectivity index (χ1n) is 4.22. The van der Waals surface area contributed by atoms with Crippen LogP contribution in [0.3, 0.4) is 0 Å². The highest BCUT2D eigenvalue weighted by Crippen LogP contribution is 2.15. The van der Waals surface area contributed by atoms with E-state index < -0.39 is 0 Å². The standard InChI is InChI=1S/C11H13NO2/c1-2-11(12)8-3-4-9(6-13)10(5-8)7-14/h3-5,13-14H,1,6-7,12H2. The molecular formula is C11H13NO2. The second kappa shape index (κ2) is 4.63. The molecule has 0 radical (unpaired) electrons. The van der Waals surface area contributed by atoms with Crippen LogP contribution < -0.4 is 5.73 Å². The Kier molecular flexibility index (Phi) is 3.48. The van der Waals surface area contributed by atoms with Crippen LogP contribution in [0, 0.1) is 0 Å². The predicted octanol–water partition coefficient (Wildman–Crippen LogP) is 0.756. The molecule has 0 bridgehead atoms. The van der Waals surface area contributed by atoms with Crippen LogP contribution in [0.15, 0.2) is 30.5 Å². The molecule has 1 aromatic rings. The number of hydrogen-bond acceptors (Lipinski definition) is 3. The van der Waals surface area contributed by atoms with Crippen molar-refractivity contribution in [1.82, 2.24) is 0 Å². The van der Waals surface area contributed by atoms with Crippen LogP contribution >= 0.6 is 0 Å². The summed E-state index contributed by atoms with van der Waals surface area (Å²) in [6.45, 7) is 3.23. The van der Waals surface area contributed by atoms with Gasteiger partial charge in [-0.3, -0.25) is 0 Å². The van der Waals surface area contributed by atoms with Crippen molar-refractivity contribution in [2.24, 2.45) is 5.73 Å². The third-order valence-electron chi connectivity index (χ3n) is 2.05. The lowest BCUT2D eigenvalue weighted by molar-refractivity contribution is 0.260. The van der Waals surface area contributed by atoms with E-state index in [2.05, 4.69) is 12.3 Å². The van der Waals surface area contributed by atoms with Gasteiger partial charge in [-0.1, -0.05) is 18.7 Å². The molecule has 0 fully saturated rings. The zero-order chi connectivity index (χ0) is 10.6. The van der Waals surface area contributed by atoms with Crippen LogP contribution in [-0.4, -0.2) is 10.2 Å². The molecule has 14 heavy (non-hydrogen) atoms. The number of aliphatic hydroxyl groups is 2. The van der Waals surface area contributed by atoms with E-state index in [1.165, 1.54) is 0 Å². The summed E-state index contributed by atoms with van der Waals surface area (Å²) in [5.41, 5.74) is 10.7. The van der Waals surface area contributed by atoms with Crippen LogP contribution in [0.25, 0.3) is 5.70 Å². The van der Waals surface area contributed by atoms with Gasteiger partial charge in [0.2, 0.25) is 0 Å². The normalized spacial score (nSPS) is 9.57. The van der Waals surface area contributed by atoms with Crippen LogP contribution in [0.2, 0.25) is 0 Å². The molecule has 1 rings (SSSR count). The van der Waals surface area contributed by atoms with Gasteiger partial charge in [-0.25, -0.2) is 0 Å². The lowest BCUT2D eigenvalue weighted by Crippen LogP contribution is -1.99. The first-order valence-corrected chi connectivity index (χ1v) is 4.22. The Balaban J connectivity index is 3.20. The van der Waals surface area contributed by atoms with Crippen molar-refractivity contribution in [2.75, 3.05) is 0 Å². The lowest BCUT2D eigenvalue weighted by Gasteiger charge is -2.07. The Hall–Kier alpha value is -1.54. The highest BCUT2D eigenvalue weighted by Gasteiger charge is 2.03. The van der Waals surface area contributed by atoms with Gasteiger partial charge in [-0.2, -0.15) is 0 Å². The van der Waals surface area contributed by atoms with Gasteiger partial charge in [0.25, 0.3) is 0 Å². The molecule has 0 amide bonds. The molecule has 0 aliphatic carbocycles. The highest BCUT2D eigenvalue weighted by atomic mass is 16.3. The zero-order valence-corrected chi connectivity index (χ0v) is 7.83. The molecule has 0 aliphatic heterocycles. The summed E-state index contributed by atoms with van der Waals surface area (Å²) in [4.78, 5) is 0. The summed E-state index contributed by atoms with van der Waals surface area (Å²) < 4.78 is 0. The molecule has 0 atom stereocenters. The first kappa shape index (κ1) is 10.5. The van der Waals surface area contributed by atoms with Crippen LogP contribution in [0.5, 0.6) is 0 Å². The van der Waals surface area contributed by atoms with Crippen molar-refractivity contribution < 1.29 is 10.2 Å². The topological polar surface area (TPSA) is 66.5 Å². The second-order valence-corrected chi connectivity index (χ2v) is 2.89. The van der Waals surface area contributed by atoms with E-state index in [-0.39, 0.29) is 13.2 Å². The highest BCUT2D eigenvalue weighted by molar-refractivity contribution is 5.62. The average molecular weight is 191 g/mol. The van der Waals surface area contributed by atoms with E-state index in [1.54, 1.807) is 18.2 Å². The zero-order valence-electron chi connectivity index (χ0n) is 7.83. The maximum Gasteiger partial charge on any atom is 0.0815 e. The molecule has 0 unspecified atom stereocenters. The van der Waals surface area contributed by atoms with E-state index >= 15 is 0 Å². The first-order chi connectivity index (χ1) is 6.72. The van der Waals surface area contributed by atoms with Gasteiger partial charge in [0, 0.05) is 5.56 Å². The molecule has 0 saturated carbocycles. The van der Waals surface area contributed by atoms with Gasteiger partial charge in [0.1, 0.15) is 0 Å². The SMILES string of the molecule is C=C=C(N)c1ccc(CO)c(CO)c1. The summed E-state index contributed by atoms with van der Waals surface area (Å²) in [6, 6.07) is 5.21. The smallest absolute Gasteiger partial charge is 0.0815 e. The van der Waals surface area contributed by atoms with Gasteiger partial charge in [-0.15, -0.1) is 5.73 Å². The average Bonchev–Trinajstić information content (AvgIpc) is 2.26.